The number of nitrogens with one attached hydrogen (secondary N) is 1. The highest BCUT2D eigenvalue weighted by atomic mass is 19.1. The standard InChI is InChI=1S/C24H36FN3O2/c1-23(2,3)26-22(29)27-13-11-24(12-14-27)16-21(10-15-30-24)28(20-8-9-20)17-18-4-6-19(25)7-5-18/h4-7,20-21H,8-17H2,1-3H3,(H,26,29). The quantitative estimate of drug-likeness (QED) is 0.794. The highest BCUT2D eigenvalue weighted by Crippen LogP contribution is 2.40. The van der Waals surface area contributed by atoms with E-state index >= 15 is 0 Å². The number of benzene rings is 1. The first-order valence-electron chi connectivity index (χ1n) is 11.4. The number of rotatable bonds is 4. The third-order valence-electron chi connectivity index (χ3n) is 6.67. The highest BCUT2D eigenvalue weighted by Gasteiger charge is 2.45. The first kappa shape index (κ1) is 21.6. The zero-order chi connectivity index (χ0) is 21.4. The number of hydrogen-bond acceptors (Lipinski definition) is 3. The molecule has 30 heavy (non-hydrogen) atoms. The average Bonchev–Trinajstić information content (AvgIpc) is 3.52. The molecule has 1 spiro atoms. The molecule has 2 saturated heterocycles. The van der Waals surface area contributed by atoms with Crippen LogP contribution in [0.3, 0.4) is 0 Å². The van der Waals surface area contributed by atoms with Crippen LogP contribution in [-0.2, 0) is 11.3 Å². The SMILES string of the molecule is CC(C)(C)NC(=O)N1CCC2(CC1)CC(N(Cc1ccc(F)cc1)C1CC1)CCO2. The van der Waals surface area contributed by atoms with Crippen LogP contribution in [0.1, 0.15) is 64.9 Å². The van der Waals surface area contributed by atoms with E-state index in [0.717, 1.165) is 51.9 Å². The fourth-order valence-corrected chi connectivity index (χ4v) is 4.91. The van der Waals surface area contributed by atoms with Crippen LogP contribution in [0.25, 0.3) is 0 Å². The predicted octanol–water partition coefficient (Wildman–Crippen LogP) is 4.31. The fraction of sp³-hybridized carbons (Fsp3) is 0.708. The van der Waals surface area contributed by atoms with Gasteiger partial charge in [0.25, 0.3) is 0 Å². The van der Waals surface area contributed by atoms with E-state index in [0.29, 0.717) is 12.1 Å². The van der Waals surface area contributed by atoms with Gasteiger partial charge in [-0.25, -0.2) is 9.18 Å². The van der Waals surface area contributed by atoms with Crippen LogP contribution in [0.15, 0.2) is 24.3 Å². The predicted molar refractivity (Wildman–Crippen MR) is 116 cm³/mol. The first-order valence-corrected chi connectivity index (χ1v) is 11.4. The number of piperidine rings is 1. The van der Waals surface area contributed by atoms with Crippen molar-refractivity contribution < 1.29 is 13.9 Å². The van der Waals surface area contributed by atoms with Gasteiger partial charge in [0.2, 0.25) is 0 Å². The number of likely N-dealkylation sites (tertiary alicyclic amines) is 1. The number of nitrogens with zero attached hydrogens (tertiary/aromatic N) is 2. The van der Waals surface area contributed by atoms with E-state index in [1.54, 1.807) is 12.1 Å². The molecule has 4 rings (SSSR count). The largest absolute Gasteiger partial charge is 0.375 e. The molecule has 5 nitrogen and oxygen atoms in total. The van der Waals surface area contributed by atoms with Gasteiger partial charge >= 0.3 is 6.03 Å². The van der Waals surface area contributed by atoms with E-state index in [2.05, 4.69) is 10.2 Å². The Morgan fingerprint density at radius 2 is 1.83 bits per heavy atom. The van der Waals surface area contributed by atoms with E-state index in [1.807, 2.05) is 37.8 Å². The van der Waals surface area contributed by atoms with Gasteiger partial charge in [-0.3, -0.25) is 4.90 Å². The van der Waals surface area contributed by atoms with Gasteiger partial charge in [-0.05, 0) is 77.0 Å². The maximum absolute atomic E-state index is 13.3. The lowest BCUT2D eigenvalue weighted by Gasteiger charge is -2.48. The summed E-state index contributed by atoms with van der Waals surface area (Å²) in [5, 5.41) is 3.07. The normalized spacial score (nSPS) is 24.3. The van der Waals surface area contributed by atoms with Crippen molar-refractivity contribution >= 4 is 6.03 Å². The van der Waals surface area contributed by atoms with Crippen molar-refractivity contribution in [3.8, 4) is 0 Å². The molecule has 0 aromatic heterocycles. The molecule has 1 atom stereocenters. The van der Waals surface area contributed by atoms with Crippen molar-refractivity contribution in [2.45, 2.75) is 89.1 Å². The lowest BCUT2D eigenvalue weighted by Crippen LogP contribution is -2.57. The number of urea groups is 1. The molecule has 3 fully saturated rings. The Labute approximate surface area is 179 Å². The number of carbonyl (C=O) groups is 1. The molecule has 2 amide bonds. The summed E-state index contributed by atoms with van der Waals surface area (Å²) in [5.41, 5.74) is 0.846. The molecule has 1 unspecified atom stereocenters. The summed E-state index contributed by atoms with van der Waals surface area (Å²) in [6.07, 6.45) is 6.39. The Hall–Kier alpha value is -1.66. The molecule has 166 valence electrons. The molecule has 0 bridgehead atoms. The van der Waals surface area contributed by atoms with Crippen LogP contribution in [0.5, 0.6) is 0 Å². The number of amides is 2. The summed E-state index contributed by atoms with van der Waals surface area (Å²) in [4.78, 5) is 17.1. The van der Waals surface area contributed by atoms with Crippen LogP contribution in [0, 0.1) is 5.82 Å². The van der Waals surface area contributed by atoms with Gasteiger partial charge in [-0.15, -0.1) is 0 Å². The highest BCUT2D eigenvalue weighted by molar-refractivity contribution is 5.75. The molecule has 1 saturated carbocycles. The van der Waals surface area contributed by atoms with Gasteiger partial charge in [0.15, 0.2) is 0 Å². The van der Waals surface area contributed by atoms with E-state index in [9.17, 15) is 9.18 Å². The topological polar surface area (TPSA) is 44.8 Å². The number of ether oxygens (including phenoxy) is 1. The summed E-state index contributed by atoms with van der Waals surface area (Å²) in [6, 6.07) is 8.10. The first-order chi connectivity index (χ1) is 14.2. The van der Waals surface area contributed by atoms with Crippen LogP contribution in [0.4, 0.5) is 9.18 Å². The Balaban J connectivity index is 1.37. The lowest BCUT2D eigenvalue weighted by atomic mass is 9.81. The second kappa shape index (κ2) is 8.46. The third-order valence-corrected chi connectivity index (χ3v) is 6.67. The lowest BCUT2D eigenvalue weighted by molar-refractivity contribution is -0.131. The van der Waals surface area contributed by atoms with Gasteiger partial charge in [0, 0.05) is 43.9 Å². The van der Waals surface area contributed by atoms with Crippen molar-refractivity contribution in [3.05, 3.63) is 35.6 Å². The summed E-state index contributed by atoms with van der Waals surface area (Å²) in [7, 11) is 0. The van der Waals surface area contributed by atoms with Crippen LogP contribution in [0.2, 0.25) is 0 Å². The summed E-state index contributed by atoms with van der Waals surface area (Å²) >= 11 is 0. The zero-order valence-electron chi connectivity index (χ0n) is 18.6. The minimum atomic E-state index is -0.218. The summed E-state index contributed by atoms with van der Waals surface area (Å²) < 4.78 is 19.7. The minimum Gasteiger partial charge on any atom is -0.375 e. The maximum atomic E-state index is 13.3. The molecule has 1 aromatic rings. The number of carbonyl (C=O) groups excluding carboxylic acids is 1. The zero-order valence-corrected chi connectivity index (χ0v) is 18.6. The van der Waals surface area contributed by atoms with Crippen molar-refractivity contribution in [1.29, 1.82) is 0 Å². The molecular weight excluding hydrogens is 381 g/mol. The van der Waals surface area contributed by atoms with Gasteiger partial charge < -0.3 is 15.0 Å². The van der Waals surface area contributed by atoms with Crippen molar-refractivity contribution in [2.75, 3.05) is 19.7 Å². The molecule has 2 heterocycles. The molecule has 2 aliphatic heterocycles. The molecule has 6 heteroatoms. The molecule has 3 aliphatic rings. The average molecular weight is 418 g/mol. The molecule has 1 N–H and O–H groups in total. The van der Waals surface area contributed by atoms with E-state index in [-0.39, 0.29) is 23.0 Å². The van der Waals surface area contributed by atoms with Gasteiger partial charge in [0.05, 0.1) is 5.60 Å². The van der Waals surface area contributed by atoms with Crippen molar-refractivity contribution in [2.24, 2.45) is 0 Å². The van der Waals surface area contributed by atoms with Gasteiger partial charge in [-0.2, -0.15) is 0 Å². The minimum absolute atomic E-state index is 0.0284. The maximum Gasteiger partial charge on any atom is 0.317 e. The summed E-state index contributed by atoms with van der Waals surface area (Å²) in [6.45, 7) is 9.19. The van der Waals surface area contributed by atoms with Crippen molar-refractivity contribution in [1.82, 2.24) is 15.1 Å². The van der Waals surface area contributed by atoms with Crippen molar-refractivity contribution in [3.63, 3.8) is 0 Å². The smallest absolute Gasteiger partial charge is 0.317 e. The second-order valence-electron chi connectivity index (χ2n) is 10.4. The van der Waals surface area contributed by atoms with Gasteiger partial charge in [0.1, 0.15) is 5.82 Å². The third kappa shape index (κ3) is 5.33. The molecule has 1 aromatic carbocycles. The van der Waals surface area contributed by atoms with Crippen LogP contribution >= 0.6 is 0 Å². The monoisotopic (exact) mass is 417 g/mol. The molecular formula is C24H36FN3O2. The molecule has 1 aliphatic carbocycles. The Morgan fingerprint density at radius 1 is 1.17 bits per heavy atom. The van der Waals surface area contributed by atoms with E-state index in [1.165, 1.54) is 18.4 Å². The Bertz CT molecular complexity index is 734. The Kier molecular flexibility index (Phi) is 6.08. The fourth-order valence-electron chi connectivity index (χ4n) is 4.91. The van der Waals surface area contributed by atoms with E-state index in [4.69, 9.17) is 4.74 Å². The number of hydrogen-bond donors (Lipinski definition) is 1. The summed E-state index contributed by atoms with van der Waals surface area (Å²) in [5.74, 6) is -0.177. The van der Waals surface area contributed by atoms with Crippen LogP contribution in [-0.4, -0.2) is 58.8 Å². The van der Waals surface area contributed by atoms with Gasteiger partial charge in [-0.1, -0.05) is 12.1 Å². The molecule has 0 radical (unpaired) electrons. The second-order valence-corrected chi connectivity index (χ2v) is 10.4. The van der Waals surface area contributed by atoms with E-state index < -0.39 is 0 Å². The van der Waals surface area contributed by atoms with Crippen LogP contribution < -0.4 is 5.32 Å². The number of halogens is 1. The Morgan fingerprint density at radius 3 is 2.43 bits per heavy atom.